The molecule has 0 fully saturated rings. The summed E-state index contributed by atoms with van der Waals surface area (Å²) in [5, 5.41) is 6.43. The summed E-state index contributed by atoms with van der Waals surface area (Å²) >= 11 is 0. The number of hydrogen-bond donors (Lipinski definition) is 4. The summed E-state index contributed by atoms with van der Waals surface area (Å²) in [5.74, 6) is 0.636. The number of nitrogen functional groups attached to an aromatic ring is 1. The van der Waals surface area contributed by atoms with E-state index in [-0.39, 0.29) is 11.8 Å². The first-order chi connectivity index (χ1) is 12.7. The van der Waals surface area contributed by atoms with Gasteiger partial charge < -0.3 is 21.4 Å². The number of nitrogens with two attached hydrogens (primary N) is 1. The van der Waals surface area contributed by atoms with Gasteiger partial charge in [0, 0.05) is 35.6 Å². The SMILES string of the molecule is CCC1CNC(=O)c2c1[nH]c(-c1ccnc(N)c1)c2Nc1ccccc1. The zero-order valence-electron chi connectivity index (χ0n) is 14.5. The van der Waals surface area contributed by atoms with Gasteiger partial charge in [0.25, 0.3) is 5.91 Å². The Bertz CT molecular complexity index is 948. The molecule has 1 amide bonds. The maximum Gasteiger partial charge on any atom is 0.255 e. The number of amides is 1. The molecule has 1 atom stereocenters. The summed E-state index contributed by atoms with van der Waals surface area (Å²) in [6.07, 6.45) is 2.62. The van der Waals surface area contributed by atoms with Crippen molar-refractivity contribution in [3.8, 4) is 11.3 Å². The Morgan fingerprint density at radius 2 is 2.08 bits per heavy atom. The number of nitrogens with one attached hydrogen (secondary N) is 3. The molecule has 3 aromatic rings. The molecule has 2 aromatic heterocycles. The van der Waals surface area contributed by atoms with Crippen LogP contribution in [0.4, 0.5) is 17.2 Å². The average Bonchev–Trinajstić information content (AvgIpc) is 3.03. The van der Waals surface area contributed by atoms with Gasteiger partial charge in [-0.15, -0.1) is 0 Å². The van der Waals surface area contributed by atoms with Crippen LogP contribution >= 0.6 is 0 Å². The maximum absolute atomic E-state index is 12.7. The van der Waals surface area contributed by atoms with Crippen molar-refractivity contribution in [3.63, 3.8) is 0 Å². The van der Waals surface area contributed by atoms with Gasteiger partial charge in [-0.1, -0.05) is 25.1 Å². The first-order valence-electron chi connectivity index (χ1n) is 8.75. The van der Waals surface area contributed by atoms with Crippen LogP contribution in [0, 0.1) is 0 Å². The van der Waals surface area contributed by atoms with E-state index in [9.17, 15) is 4.79 Å². The molecule has 0 saturated heterocycles. The average molecular weight is 347 g/mol. The second-order valence-electron chi connectivity index (χ2n) is 6.44. The van der Waals surface area contributed by atoms with E-state index in [0.29, 0.717) is 17.9 Å². The van der Waals surface area contributed by atoms with Gasteiger partial charge in [-0.25, -0.2) is 4.98 Å². The minimum Gasteiger partial charge on any atom is -0.384 e. The highest BCUT2D eigenvalue weighted by Gasteiger charge is 2.31. The van der Waals surface area contributed by atoms with E-state index in [1.54, 1.807) is 6.20 Å². The van der Waals surface area contributed by atoms with Crippen molar-refractivity contribution in [2.24, 2.45) is 0 Å². The minimum absolute atomic E-state index is 0.0624. The normalized spacial score (nSPS) is 16.0. The van der Waals surface area contributed by atoms with E-state index >= 15 is 0 Å². The van der Waals surface area contributed by atoms with Crippen LogP contribution in [0.25, 0.3) is 11.3 Å². The molecular formula is C20H21N5O. The number of carbonyl (C=O) groups is 1. The van der Waals surface area contributed by atoms with Gasteiger partial charge in [-0.05, 0) is 30.7 Å². The van der Waals surface area contributed by atoms with Crippen LogP contribution in [-0.4, -0.2) is 22.4 Å². The monoisotopic (exact) mass is 347 g/mol. The lowest BCUT2D eigenvalue weighted by Gasteiger charge is -2.22. The number of benzene rings is 1. The van der Waals surface area contributed by atoms with Gasteiger partial charge in [0.15, 0.2) is 0 Å². The van der Waals surface area contributed by atoms with E-state index in [0.717, 1.165) is 34.7 Å². The largest absolute Gasteiger partial charge is 0.384 e. The molecule has 1 unspecified atom stereocenters. The number of aromatic nitrogens is 2. The predicted molar refractivity (Wildman–Crippen MR) is 104 cm³/mol. The molecule has 6 nitrogen and oxygen atoms in total. The number of rotatable bonds is 4. The molecule has 0 saturated carbocycles. The summed E-state index contributed by atoms with van der Waals surface area (Å²) in [5.41, 5.74) is 11.0. The number of anilines is 3. The molecule has 26 heavy (non-hydrogen) atoms. The Balaban J connectivity index is 1.91. The van der Waals surface area contributed by atoms with Gasteiger partial charge >= 0.3 is 0 Å². The molecule has 1 aliphatic heterocycles. The molecule has 132 valence electrons. The lowest BCUT2D eigenvalue weighted by atomic mass is 9.94. The molecule has 0 aliphatic carbocycles. The van der Waals surface area contributed by atoms with Crippen molar-refractivity contribution in [1.29, 1.82) is 0 Å². The van der Waals surface area contributed by atoms with Crippen molar-refractivity contribution < 1.29 is 4.79 Å². The van der Waals surface area contributed by atoms with Crippen LogP contribution in [0.5, 0.6) is 0 Å². The second-order valence-corrected chi connectivity index (χ2v) is 6.44. The Morgan fingerprint density at radius 1 is 1.27 bits per heavy atom. The molecule has 0 spiro atoms. The summed E-state index contributed by atoms with van der Waals surface area (Å²) in [6.45, 7) is 2.77. The first kappa shape index (κ1) is 16.2. The predicted octanol–water partition coefficient (Wildman–Crippen LogP) is 3.64. The van der Waals surface area contributed by atoms with Crippen molar-refractivity contribution >= 4 is 23.1 Å². The number of carbonyl (C=O) groups excluding carboxylic acids is 1. The van der Waals surface area contributed by atoms with E-state index in [4.69, 9.17) is 5.73 Å². The number of fused-ring (bicyclic) bond motifs is 1. The zero-order valence-corrected chi connectivity index (χ0v) is 14.5. The third-order valence-electron chi connectivity index (χ3n) is 4.78. The van der Waals surface area contributed by atoms with Crippen molar-refractivity contribution in [1.82, 2.24) is 15.3 Å². The van der Waals surface area contributed by atoms with E-state index in [2.05, 4.69) is 27.5 Å². The topological polar surface area (TPSA) is 95.8 Å². The highest BCUT2D eigenvalue weighted by Crippen LogP contribution is 2.40. The van der Waals surface area contributed by atoms with Crippen LogP contribution in [0.2, 0.25) is 0 Å². The molecule has 0 radical (unpaired) electrons. The molecule has 4 rings (SSSR count). The molecule has 6 heteroatoms. The van der Waals surface area contributed by atoms with Crippen molar-refractivity contribution in [2.45, 2.75) is 19.3 Å². The fourth-order valence-electron chi connectivity index (χ4n) is 3.43. The van der Waals surface area contributed by atoms with E-state index < -0.39 is 0 Å². The third kappa shape index (κ3) is 2.79. The Hall–Kier alpha value is -3.28. The van der Waals surface area contributed by atoms with Crippen LogP contribution in [-0.2, 0) is 0 Å². The number of para-hydroxylation sites is 1. The molecular weight excluding hydrogens is 326 g/mol. The molecule has 5 N–H and O–H groups in total. The van der Waals surface area contributed by atoms with E-state index in [1.165, 1.54) is 0 Å². The minimum atomic E-state index is -0.0624. The summed E-state index contributed by atoms with van der Waals surface area (Å²) in [6, 6.07) is 13.5. The number of aromatic amines is 1. The quantitative estimate of drug-likeness (QED) is 0.579. The first-order valence-corrected chi connectivity index (χ1v) is 8.75. The molecule has 1 aromatic carbocycles. The van der Waals surface area contributed by atoms with Gasteiger partial charge in [0.1, 0.15) is 5.82 Å². The van der Waals surface area contributed by atoms with Crippen LogP contribution < -0.4 is 16.4 Å². The molecule has 1 aliphatic rings. The standard InChI is InChI=1S/C20H21N5O/c1-2-12-11-23-20(26)16-17(12)25-18(13-8-9-22-15(21)10-13)19(16)24-14-6-4-3-5-7-14/h3-10,12,24-25H,2,11H2,1H3,(H2,21,22)(H,23,26). The molecule has 0 bridgehead atoms. The van der Waals surface area contributed by atoms with Gasteiger partial charge in [-0.3, -0.25) is 4.79 Å². The summed E-state index contributed by atoms with van der Waals surface area (Å²) in [7, 11) is 0. The maximum atomic E-state index is 12.7. The summed E-state index contributed by atoms with van der Waals surface area (Å²) in [4.78, 5) is 20.2. The van der Waals surface area contributed by atoms with Gasteiger partial charge in [0.2, 0.25) is 0 Å². The lowest BCUT2D eigenvalue weighted by molar-refractivity contribution is 0.0940. The second kappa shape index (κ2) is 6.55. The number of pyridine rings is 1. The highest BCUT2D eigenvalue weighted by molar-refractivity contribution is 6.06. The number of H-pyrrole nitrogens is 1. The Labute approximate surface area is 151 Å². The third-order valence-corrected chi connectivity index (χ3v) is 4.78. The van der Waals surface area contributed by atoms with Crippen LogP contribution in [0.3, 0.4) is 0 Å². The lowest BCUT2D eigenvalue weighted by Crippen LogP contribution is -2.34. The highest BCUT2D eigenvalue weighted by atomic mass is 16.1. The molecule has 3 heterocycles. The smallest absolute Gasteiger partial charge is 0.255 e. The fraction of sp³-hybridized carbons (Fsp3) is 0.200. The Morgan fingerprint density at radius 3 is 2.81 bits per heavy atom. The fourth-order valence-corrected chi connectivity index (χ4v) is 3.43. The van der Waals surface area contributed by atoms with Crippen LogP contribution in [0.15, 0.2) is 48.7 Å². The van der Waals surface area contributed by atoms with Crippen molar-refractivity contribution in [3.05, 3.63) is 59.9 Å². The zero-order chi connectivity index (χ0) is 18.1. The van der Waals surface area contributed by atoms with E-state index in [1.807, 2.05) is 42.5 Å². The summed E-state index contributed by atoms with van der Waals surface area (Å²) < 4.78 is 0. The Kier molecular flexibility index (Phi) is 4.08. The van der Waals surface area contributed by atoms with Gasteiger partial charge in [-0.2, -0.15) is 0 Å². The van der Waals surface area contributed by atoms with Crippen LogP contribution in [0.1, 0.15) is 35.3 Å². The number of nitrogens with zero attached hydrogens (tertiary/aromatic N) is 1. The van der Waals surface area contributed by atoms with Crippen molar-refractivity contribution in [2.75, 3.05) is 17.6 Å². The number of hydrogen-bond acceptors (Lipinski definition) is 4. The van der Waals surface area contributed by atoms with Gasteiger partial charge in [0.05, 0.1) is 16.9 Å².